The molecule has 0 aliphatic heterocycles. The van der Waals surface area contributed by atoms with E-state index >= 15 is 0 Å². The van der Waals surface area contributed by atoms with Gasteiger partial charge in [-0.2, -0.15) is 0 Å². The van der Waals surface area contributed by atoms with Crippen molar-refractivity contribution in [2.24, 2.45) is 0 Å². The van der Waals surface area contributed by atoms with Crippen LogP contribution in [0.15, 0.2) is 77.2 Å². The van der Waals surface area contributed by atoms with Gasteiger partial charge in [-0.1, -0.05) is 24.3 Å². The number of nitrogens with two attached hydrogens (primary N) is 1. The number of benzene rings is 3. The zero-order valence-corrected chi connectivity index (χ0v) is 13.3. The maximum atomic E-state index is 12.3. The van der Waals surface area contributed by atoms with Crippen molar-refractivity contribution < 1.29 is 9.21 Å². The molecule has 0 aliphatic carbocycles. The first-order valence-corrected chi connectivity index (χ1v) is 7.82. The number of hydrogen-bond acceptors (Lipinski definition) is 4. The van der Waals surface area contributed by atoms with Gasteiger partial charge >= 0.3 is 0 Å². The Bertz CT molecular complexity index is 1050. The molecular formula is C20H15N3O2. The van der Waals surface area contributed by atoms with Crippen LogP contribution in [0.2, 0.25) is 0 Å². The summed E-state index contributed by atoms with van der Waals surface area (Å²) in [7, 11) is 0. The first-order chi connectivity index (χ1) is 12.2. The Kier molecular flexibility index (Phi) is 3.67. The van der Waals surface area contributed by atoms with Gasteiger partial charge in [-0.15, -0.1) is 0 Å². The number of nitrogens with zero attached hydrogens (tertiary/aromatic N) is 1. The van der Waals surface area contributed by atoms with Gasteiger partial charge in [-0.25, -0.2) is 4.98 Å². The molecule has 0 unspecified atom stereocenters. The topological polar surface area (TPSA) is 81.2 Å². The van der Waals surface area contributed by atoms with Gasteiger partial charge in [-0.05, 0) is 42.5 Å². The van der Waals surface area contributed by atoms with Crippen LogP contribution in [-0.4, -0.2) is 10.9 Å². The lowest BCUT2D eigenvalue weighted by Gasteiger charge is -2.05. The first-order valence-electron chi connectivity index (χ1n) is 7.82. The van der Waals surface area contributed by atoms with E-state index in [0.717, 1.165) is 11.1 Å². The Balaban J connectivity index is 1.62. The molecular weight excluding hydrogens is 314 g/mol. The molecule has 5 nitrogen and oxygen atoms in total. The molecule has 0 aliphatic rings. The monoisotopic (exact) mass is 329 g/mol. The number of anilines is 2. The van der Waals surface area contributed by atoms with E-state index in [2.05, 4.69) is 10.3 Å². The van der Waals surface area contributed by atoms with E-state index in [4.69, 9.17) is 10.2 Å². The number of nitrogens with one attached hydrogen (secondary N) is 1. The summed E-state index contributed by atoms with van der Waals surface area (Å²) in [4.78, 5) is 16.8. The average Bonchev–Trinajstić information content (AvgIpc) is 3.06. The number of hydrogen-bond donors (Lipinski definition) is 2. The van der Waals surface area contributed by atoms with Crippen LogP contribution in [0.25, 0.3) is 22.6 Å². The normalized spacial score (nSPS) is 10.7. The number of aromatic nitrogens is 1. The fourth-order valence-electron chi connectivity index (χ4n) is 2.59. The quantitative estimate of drug-likeness (QED) is 0.548. The maximum absolute atomic E-state index is 12.3. The molecule has 0 saturated carbocycles. The van der Waals surface area contributed by atoms with Gasteiger partial charge in [0.05, 0.1) is 0 Å². The highest BCUT2D eigenvalue weighted by Crippen LogP contribution is 2.26. The van der Waals surface area contributed by atoms with Gasteiger partial charge in [0.2, 0.25) is 5.89 Å². The zero-order valence-electron chi connectivity index (χ0n) is 13.3. The number of fused-ring (bicyclic) bond motifs is 1. The molecule has 1 aromatic heterocycles. The van der Waals surface area contributed by atoms with E-state index in [-0.39, 0.29) is 5.91 Å². The van der Waals surface area contributed by atoms with Crippen molar-refractivity contribution in [2.75, 3.05) is 11.1 Å². The van der Waals surface area contributed by atoms with Gasteiger partial charge in [0, 0.05) is 28.6 Å². The molecule has 5 heteroatoms. The molecule has 0 radical (unpaired) electrons. The van der Waals surface area contributed by atoms with Gasteiger partial charge < -0.3 is 15.5 Å². The van der Waals surface area contributed by atoms with Gasteiger partial charge in [0.25, 0.3) is 5.91 Å². The minimum Gasteiger partial charge on any atom is -0.436 e. The first kappa shape index (κ1) is 15.0. The van der Waals surface area contributed by atoms with E-state index < -0.39 is 0 Å². The third-order valence-electron chi connectivity index (χ3n) is 3.82. The number of rotatable bonds is 3. The van der Waals surface area contributed by atoms with Crippen LogP contribution in [-0.2, 0) is 0 Å². The highest BCUT2D eigenvalue weighted by molar-refractivity contribution is 6.05. The third kappa shape index (κ3) is 3.07. The van der Waals surface area contributed by atoms with Crippen LogP contribution in [0.5, 0.6) is 0 Å². The average molecular weight is 329 g/mol. The van der Waals surface area contributed by atoms with Crippen molar-refractivity contribution in [1.82, 2.24) is 4.98 Å². The van der Waals surface area contributed by atoms with Crippen LogP contribution in [0.4, 0.5) is 11.4 Å². The van der Waals surface area contributed by atoms with Crippen LogP contribution in [0, 0.1) is 0 Å². The molecule has 122 valence electrons. The molecule has 3 N–H and O–H groups in total. The van der Waals surface area contributed by atoms with Gasteiger partial charge in [-0.3, -0.25) is 4.79 Å². The number of oxazole rings is 1. The standard InChI is InChI=1S/C20H15N3O2/c21-15-8-4-7-14(11-15)19(24)22-16-9-10-17-18(12-16)25-20(23-17)13-5-2-1-3-6-13/h1-12H,21H2,(H,22,24). The largest absolute Gasteiger partial charge is 0.436 e. The van der Waals surface area contributed by atoms with Crippen molar-refractivity contribution in [3.05, 3.63) is 78.4 Å². The fraction of sp³-hybridized carbons (Fsp3) is 0. The maximum Gasteiger partial charge on any atom is 0.255 e. The highest BCUT2D eigenvalue weighted by Gasteiger charge is 2.11. The molecule has 1 heterocycles. The number of nitrogen functional groups attached to an aromatic ring is 1. The second kappa shape index (κ2) is 6.13. The van der Waals surface area contributed by atoms with Crippen molar-refractivity contribution in [3.63, 3.8) is 0 Å². The molecule has 0 atom stereocenters. The summed E-state index contributed by atoms with van der Waals surface area (Å²) < 4.78 is 5.82. The summed E-state index contributed by atoms with van der Waals surface area (Å²) in [6.45, 7) is 0. The molecule has 25 heavy (non-hydrogen) atoms. The molecule has 0 spiro atoms. The molecule has 4 rings (SSSR count). The minimum atomic E-state index is -0.227. The van der Waals surface area contributed by atoms with Crippen molar-refractivity contribution in [1.29, 1.82) is 0 Å². The zero-order chi connectivity index (χ0) is 17.2. The molecule has 0 bridgehead atoms. The van der Waals surface area contributed by atoms with Crippen molar-refractivity contribution in [3.8, 4) is 11.5 Å². The predicted octanol–water partition coefficient (Wildman–Crippen LogP) is 4.33. The number of carbonyl (C=O) groups excluding carboxylic acids is 1. The molecule has 3 aromatic carbocycles. The second-order valence-corrected chi connectivity index (χ2v) is 5.65. The second-order valence-electron chi connectivity index (χ2n) is 5.65. The smallest absolute Gasteiger partial charge is 0.255 e. The van der Waals surface area contributed by atoms with Crippen LogP contribution >= 0.6 is 0 Å². The Labute approximate surface area is 144 Å². The van der Waals surface area contributed by atoms with Crippen LogP contribution < -0.4 is 11.1 Å². The predicted molar refractivity (Wildman–Crippen MR) is 98.3 cm³/mol. The third-order valence-corrected chi connectivity index (χ3v) is 3.82. The summed E-state index contributed by atoms with van der Waals surface area (Å²) in [6, 6.07) is 21.9. The van der Waals surface area contributed by atoms with Crippen LogP contribution in [0.1, 0.15) is 10.4 Å². The summed E-state index contributed by atoms with van der Waals surface area (Å²) in [5.41, 5.74) is 9.66. The van der Waals surface area contributed by atoms with E-state index in [1.54, 1.807) is 36.4 Å². The van der Waals surface area contributed by atoms with Gasteiger partial charge in [0.1, 0.15) is 5.52 Å². The van der Waals surface area contributed by atoms with Crippen molar-refractivity contribution in [2.45, 2.75) is 0 Å². The summed E-state index contributed by atoms with van der Waals surface area (Å²) in [5.74, 6) is 0.323. The minimum absolute atomic E-state index is 0.227. The number of carbonyl (C=O) groups is 1. The molecule has 0 saturated heterocycles. The van der Waals surface area contributed by atoms with E-state index in [1.165, 1.54) is 0 Å². The Morgan fingerprint density at radius 3 is 2.60 bits per heavy atom. The molecule has 1 amide bonds. The van der Waals surface area contributed by atoms with E-state index in [1.807, 2.05) is 36.4 Å². The molecule has 4 aromatic rings. The lowest BCUT2D eigenvalue weighted by molar-refractivity contribution is 0.102. The summed E-state index contributed by atoms with van der Waals surface area (Å²) in [6.07, 6.45) is 0. The summed E-state index contributed by atoms with van der Waals surface area (Å²) in [5, 5.41) is 2.84. The Morgan fingerprint density at radius 1 is 0.960 bits per heavy atom. The SMILES string of the molecule is Nc1cccc(C(=O)Nc2ccc3nc(-c4ccccc4)oc3c2)c1. The molecule has 0 fully saturated rings. The van der Waals surface area contributed by atoms with Gasteiger partial charge in [0.15, 0.2) is 5.58 Å². The fourth-order valence-corrected chi connectivity index (χ4v) is 2.59. The summed E-state index contributed by atoms with van der Waals surface area (Å²) >= 11 is 0. The Hall–Kier alpha value is -3.60. The van der Waals surface area contributed by atoms with E-state index in [9.17, 15) is 4.79 Å². The number of amides is 1. The highest BCUT2D eigenvalue weighted by atomic mass is 16.3. The van der Waals surface area contributed by atoms with E-state index in [0.29, 0.717) is 28.4 Å². The lowest BCUT2D eigenvalue weighted by Crippen LogP contribution is -2.11. The lowest BCUT2D eigenvalue weighted by atomic mass is 10.2. The van der Waals surface area contributed by atoms with Crippen molar-refractivity contribution >= 4 is 28.4 Å². The van der Waals surface area contributed by atoms with Crippen LogP contribution in [0.3, 0.4) is 0 Å². The Morgan fingerprint density at radius 2 is 1.80 bits per heavy atom.